The first-order chi connectivity index (χ1) is 16.5. The number of benzene rings is 3. The molecule has 0 fully saturated rings. The number of carbonyl (C=O) groups is 1. The van der Waals surface area contributed by atoms with Crippen LogP contribution in [0.2, 0.25) is 5.02 Å². The first kappa shape index (κ1) is 22.2. The lowest BCUT2D eigenvalue weighted by Gasteiger charge is -2.17. The maximum atomic E-state index is 13.1. The van der Waals surface area contributed by atoms with E-state index in [4.69, 9.17) is 11.6 Å². The van der Waals surface area contributed by atoms with Gasteiger partial charge in [-0.1, -0.05) is 59.8 Å². The third kappa shape index (κ3) is 4.30. The van der Waals surface area contributed by atoms with Gasteiger partial charge in [0.15, 0.2) is 5.16 Å². The highest BCUT2D eigenvalue weighted by molar-refractivity contribution is 7.99. The molecule has 1 aromatic heterocycles. The van der Waals surface area contributed by atoms with E-state index in [1.807, 2.05) is 45.9 Å². The number of carbonyl (C=O) groups excluding carboxylic acids is 1. The van der Waals surface area contributed by atoms with Crippen molar-refractivity contribution in [3.05, 3.63) is 99.7 Å². The van der Waals surface area contributed by atoms with Crippen LogP contribution in [0.3, 0.4) is 0 Å². The molecule has 3 aromatic carbocycles. The van der Waals surface area contributed by atoms with Gasteiger partial charge in [0.1, 0.15) is 0 Å². The van der Waals surface area contributed by atoms with Crippen molar-refractivity contribution >= 4 is 40.6 Å². The number of amides is 1. The summed E-state index contributed by atoms with van der Waals surface area (Å²) in [5, 5.41) is 12.5. The van der Waals surface area contributed by atoms with Gasteiger partial charge in [0, 0.05) is 40.6 Å². The highest BCUT2D eigenvalue weighted by atomic mass is 35.5. The fourth-order valence-corrected chi connectivity index (χ4v) is 5.14. The number of nitrogens with zero attached hydrogens (tertiary/aromatic N) is 4. The van der Waals surface area contributed by atoms with E-state index in [-0.39, 0.29) is 17.3 Å². The minimum absolute atomic E-state index is 0.00609. The van der Waals surface area contributed by atoms with Crippen LogP contribution in [0.4, 0.5) is 11.4 Å². The van der Waals surface area contributed by atoms with Gasteiger partial charge >= 0.3 is 0 Å². The monoisotopic (exact) mass is 490 g/mol. The third-order valence-electron chi connectivity index (χ3n) is 5.66. The second kappa shape index (κ2) is 9.32. The van der Waals surface area contributed by atoms with Crippen LogP contribution in [0.15, 0.2) is 84.1 Å². The number of fused-ring (bicyclic) bond motifs is 1. The van der Waals surface area contributed by atoms with E-state index in [9.17, 15) is 14.9 Å². The Morgan fingerprint density at radius 2 is 1.91 bits per heavy atom. The number of non-ortho nitro benzene ring substituents is 1. The average molecular weight is 491 g/mol. The molecular formula is C25H19ClN4O3S. The molecular weight excluding hydrogens is 472 g/mol. The molecule has 7 nitrogen and oxygen atoms in total. The van der Waals surface area contributed by atoms with Gasteiger partial charge in [0.05, 0.1) is 22.6 Å². The second-order valence-corrected chi connectivity index (χ2v) is 9.14. The number of imidazole rings is 1. The Balaban J connectivity index is 1.48. The van der Waals surface area contributed by atoms with Crippen molar-refractivity contribution in [1.29, 1.82) is 0 Å². The molecule has 0 aliphatic carbocycles. The van der Waals surface area contributed by atoms with E-state index in [0.717, 1.165) is 17.8 Å². The van der Waals surface area contributed by atoms with Crippen molar-refractivity contribution in [2.24, 2.45) is 0 Å². The normalized spacial score (nSPS) is 12.6. The Labute approximate surface area is 205 Å². The number of thioether (sulfide) groups is 1. The molecule has 0 saturated carbocycles. The molecule has 0 radical (unpaired) electrons. The summed E-state index contributed by atoms with van der Waals surface area (Å²) in [5.41, 5.74) is 4.21. The molecule has 0 unspecified atom stereocenters. The number of hydrogen-bond acceptors (Lipinski definition) is 5. The average Bonchev–Trinajstić information content (AvgIpc) is 3.47. The molecule has 0 N–H and O–H groups in total. The zero-order valence-electron chi connectivity index (χ0n) is 17.9. The minimum Gasteiger partial charge on any atom is -0.311 e. The maximum Gasteiger partial charge on any atom is 0.270 e. The topological polar surface area (TPSA) is 81.3 Å². The Kier molecular flexibility index (Phi) is 6.08. The Bertz CT molecular complexity index is 1400. The van der Waals surface area contributed by atoms with Crippen LogP contribution in [0.25, 0.3) is 16.9 Å². The maximum absolute atomic E-state index is 13.1. The third-order valence-corrected chi connectivity index (χ3v) is 6.83. The molecule has 0 saturated heterocycles. The van der Waals surface area contributed by atoms with Crippen molar-refractivity contribution in [3.8, 4) is 16.9 Å². The number of para-hydroxylation sites is 1. The van der Waals surface area contributed by atoms with E-state index >= 15 is 0 Å². The number of halogens is 1. The van der Waals surface area contributed by atoms with E-state index in [1.165, 1.54) is 29.5 Å². The summed E-state index contributed by atoms with van der Waals surface area (Å²) in [6.07, 6.45) is 2.51. The minimum atomic E-state index is -0.425. The van der Waals surface area contributed by atoms with Crippen LogP contribution in [-0.2, 0) is 11.2 Å². The van der Waals surface area contributed by atoms with Crippen LogP contribution in [0, 0.1) is 10.1 Å². The number of nitro groups is 1. The summed E-state index contributed by atoms with van der Waals surface area (Å²) in [4.78, 5) is 30.3. The number of aromatic nitrogens is 2. The lowest BCUT2D eigenvalue weighted by atomic mass is 10.1. The molecule has 4 aromatic rings. The molecule has 1 aliphatic heterocycles. The summed E-state index contributed by atoms with van der Waals surface area (Å²) in [6, 6.07) is 21.6. The van der Waals surface area contributed by atoms with Crippen molar-refractivity contribution < 1.29 is 9.72 Å². The molecule has 2 heterocycles. The van der Waals surface area contributed by atoms with Gasteiger partial charge in [-0.2, -0.15) is 0 Å². The van der Waals surface area contributed by atoms with Gasteiger partial charge in [-0.05, 0) is 36.2 Å². The number of nitro benzene ring substituents is 1. The number of anilines is 1. The smallest absolute Gasteiger partial charge is 0.270 e. The molecule has 9 heteroatoms. The van der Waals surface area contributed by atoms with Crippen molar-refractivity contribution in [1.82, 2.24) is 9.55 Å². The van der Waals surface area contributed by atoms with Crippen LogP contribution in [-0.4, -0.2) is 32.7 Å². The summed E-state index contributed by atoms with van der Waals surface area (Å²) in [7, 11) is 0. The number of rotatable bonds is 6. The van der Waals surface area contributed by atoms with E-state index in [1.54, 1.807) is 30.5 Å². The Hall–Kier alpha value is -3.62. The van der Waals surface area contributed by atoms with Crippen LogP contribution in [0.5, 0.6) is 0 Å². The molecule has 170 valence electrons. The Morgan fingerprint density at radius 3 is 2.74 bits per heavy atom. The number of hydrogen-bond donors (Lipinski definition) is 0. The van der Waals surface area contributed by atoms with Gasteiger partial charge in [-0.3, -0.25) is 19.5 Å². The van der Waals surface area contributed by atoms with Crippen LogP contribution < -0.4 is 4.90 Å². The highest BCUT2D eigenvalue weighted by Gasteiger charge is 2.25. The quantitative estimate of drug-likeness (QED) is 0.194. The highest BCUT2D eigenvalue weighted by Crippen LogP contribution is 2.33. The SMILES string of the molecule is O=C(CSc1ncc(-c2cccc([N+](=O)[O-])c2)n1-c1cccc(Cl)c1)N1CCc2ccccc21. The van der Waals surface area contributed by atoms with Gasteiger partial charge in [0.25, 0.3) is 5.69 Å². The van der Waals surface area contributed by atoms with Crippen LogP contribution >= 0.6 is 23.4 Å². The summed E-state index contributed by atoms with van der Waals surface area (Å²) < 4.78 is 1.88. The van der Waals surface area contributed by atoms with Gasteiger partial charge < -0.3 is 4.90 Å². The first-order valence-electron chi connectivity index (χ1n) is 10.6. The van der Waals surface area contributed by atoms with E-state index in [2.05, 4.69) is 4.98 Å². The molecule has 1 aliphatic rings. The van der Waals surface area contributed by atoms with Crippen molar-refractivity contribution in [3.63, 3.8) is 0 Å². The van der Waals surface area contributed by atoms with Crippen LogP contribution in [0.1, 0.15) is 5.56 Å². The van der Waals surface area contributed by atoms with Gasteiger partial charge in [-0.25, -0.2) is 4.98 Å². The molecule has 1 amide bonds. The predicted octanol–water partition coefficient (Wildman–Crippen LogP) is 5.78. The molecule has 34 heavy (non-hydrogen) atoms. The zero-order chi connectivity index (χ0) is 23.7. The fourth-order valence-electron chi connectivity index (χ4n) is 4.09. The van der Waals surface area contributed by atoms with Crippen molar-refractivity contribution in [2.45, 2.75) is 11.6 Å². The fraction of sp³-hybridized carbons (Fsp3) is 0.120. The van der Waals surface area contributed by atoms with E-state index in [0.29, 0.717) is 28.0 Å². The molecule has 5 rings (SSSR count). The first-order valence-corrected chi connectivity index (χ1v) is 12.0. The second-order valence-electron chi connectivity index (χ2n) is 7.76. The predicted molar refractivity (Wildman–Crippen MR) is 134 cm³/mol. The summed E-state index contributed by atoms with van der Waals surface area (Å²) in [6.45, 7) is 0.667. The molecule has 0 atom stereocenters. The molecule has 0 bridgehead atoms. The molecule has 0 spiro atoms. The standard InChI is InChI=1S/C25H19ClN4O3S/c26-19-7-4-8-20(14-19)29-23(18-6-3-9-21(13-18)30(32)33)15-27-25(29)34-16-24(31)28-12-11-17-5-1-2-10-22(17)28/h1-10,13-15H,11-12,16H2. The van der Waals surface area contributed by atoms with Gasteiger partial charge in [-0.15, -0.1) is 0 Å². The van der Waals surface area contributed by atoms with E-state index < -0.39 is 4.92 Å². The summed E-state index contributed by atoms with van der Waals surface area (Å²) >= 11 is 7.58. The Morgan fingerprint density at radius 1 is 1.09 bits per heavy atom. The lowest BCUT2D eigenvalue weighted by molar-refractivity contribution is -0.384. The largest absolute Gasteiger partial charge is 0.311 e. The van der Waals surface area contributed by atoms with Crippen molar-refractivity contribution in [2.75, 3.05) is 17.2 Å². The summed E-state index contributed by atoms with van der Waals surface area (Å²) in [5.74, 6) is 0.216. The zero-order valence-corrected chi connectivity index (χ0v) is 19.5. The lowest BCUT2D eigenvalue weighted by Crippen LogP contribution is -2.30. The van der Waals surface area contributed by atoms with Gasteiger partial charge in [0.2, 0.25) is 5.91 Å².